The number of phenols is 1. The molecule has 2 rings (SSSR count). The van der Waals surface area contributed by atoms with E-state index in [1.54, 1.807) is 6.07 Å². The van der Waals surface area contributed by atoms with Crippen LogP contribution in [0.5, 0.6) is 5.75 Å². The van der Waals surface area contributed by atoms with E-state index in [4.69, 9.17) is 11.6 Å². The number of benzene rings is 1. The standard InChI is InChI=1S/C17H25ClN2O2/c1-12(2)20-9-3-4-13(11-20)7-8-19-17(22)14-5-6-16(21)15(18)10-14/h5-6,10,12-13,21H,3-4,7-9,11H2,1-2H3,(H,19,22)/t13-/m0/s1. The van der Waals surface area contributed by atoms with Crippen LogP contribution in [-0.2, 0) is 0 Å². The molecule has 1 aromatic carbocycles. The number of carbonyl (C=O) groups excluding carboxylic acids is 1. The van der Waals surface area contributed by atoms with E-state index in [2.05, 4.69) is 24.1 Å². The van der Waals surface area contributed by atoms with Gasteiger partial charge < -0.3 is 15.3 Å². The second kappa shape index (κ2) is 7.84. The Morgan fingerprint density at radius 3 is 2.95 bits per heavy atom. The third-order valence-electron chi connectivity index (χ3n) is 4.33. The SMILES string of the molecule is CC(C)N1CCC[C@@H](CCNC(=O)c2ccc(O)c(Cl)c2)C1. The van der Waals surface area contributed by atoms with Crippen LogP contribution in [0.4, 0.5) is 0 Å². The summed E-state index contributed by atoms with van der Waals surface area (Å²) in [5.74, 6) is 0.507. The molecule has 4 nitrogen and oxygen atoms in total. The average Bonchev–Trinajstić information content (AvgIpc) is 2.50. The molecular formula is C17H25ClN2O2. The van der Waals surface area contributed by atoms with E-state index in [0.717, 1.165) is 13.0 Å². The maximum atomic E-state index is 12.1. The zero-order chi connectivity index (χ0) is 16.1. The van der Waals surface area contributed by atoms with Crippen LogP contribution in [0.15, 0.2) is 18.2 Å². The molecule has 1 amide bonds. The van der Waals surface area contributed by atoms with Gasteiger partial charge in [0.15, 0.2) is 0 Å². The number of carbonyl (C=O) groups is 1. The van der Waals surface area contributed by atoms with Gasteiger partial charge in [0.05, 0.1) is 5.02 Å². The molecule has 1 fully saturated rings. The molecule has 1 aliphatic heterocycles. The normalized spacial score (nSPS) is 19.4. The van der Waals surface area contributed by atoms with Crippen molar-refractivity contribution in [3.05, 3.63) is 28.8 Å². The number of rotatable bonds is 5. The molecule has 1 aromatic rings. The summed E-state index contributed by atoms with van der Waals surface area (Å²) in [5.41, 5.74) is 0.482. The van der Waals surface area contributed by atoms with Crippen molar-refractivity contribution in [1.82, 2.24) is 10.2 Å². The van der Waals surface area contributed by atoms with Gasteiger partial charge in [0.2, 0.25) is 0 Å². The molecule has 2 N–H and O–H groups in total. The van der Waals surface area contributed by atoms with Crippen molar-refractivity contribution in [2.45, 2.75) is 39.2 Å². The van der Waals surface area contributed by atoms with Gasteiger partial charge in [0, 0.05) is 24.7 Å². The van der Waals surface area contributed by atoms with Crippen molar-refractivity contribution in [3.63, 3.8) is 0 Å². The molecule has 122 valence electrons. The number of hydrogen-bond donors (Lipinski definition) is 2. The van der Waals surface area contributed by atoms with E-state index in [9.17, 15) is 9.90 Å². The number of hydrogen-bond acceptors (Lipinski definition) is 3. The van der Waals surface area contributed by atoms with Crippen molar-refractivity contribution in [2.24, 2.45) is 5.92 Å². The highest BCUT2D eigenvalue weighted by molar-refractivity contribution is 6.32. The Hall–Kier alpha value is -1.26. The Balaban J connectivity index is 1.78. The zero-order valence-electron chi connectivity index (χ0n) is 13.3. The molecule has 0 spiro atoms. The molecule has 1 heterocycles. The molecule has 5 heteroatoms. The van der Waals surface area contributed by atoms with Gasteiger partial charge >= 0.3 is 0 Å². The Bertz CT molecular complexity index is 519. The minimum atomic E-state index is -0.140. The quantitative estimate of drug-likeness (QED) is 0.874. The maximum Gasteiger partial charge on any atom is 0.251 e. The van der Waals surface area contributed by atoms with E-state index in [0.29, 0.717) is 24.1 Å². The molecule has 1 aliphatic rings. The first kappa shape index (κ1) is 17.1. The average molecular weight is 325 g/mol. The predicted octanol–water partition coefficient (Wildman–Crippen LogP) is 3.29. The van der Waals surface area contributed by atoms with Crippen LogP contribution < -0.4 is 5.32 Å². The molecule has 0 aliphatic carbocycles. The molecule has 0 saturated carbocycles. The zero-order valence-corrected chi connectivity index (χ0v) is 14.1. The molecular weight excluding hydrogens is 300 g/mol. The summed E-state index contributed by atoms with van der Waals surface area (Å²) < 4.78 is 0. The van der Waals surface area contributed by atoms with E-state index in [1.807, 2.05) is 0 Å². The van der Waals surface area contributed by atoms with Gasteiger partial charge in [-0.25, -0.2) is 0 Å². The van der Waals surface area contributed by atoms with Crippen LogP contribution in [-0.4, -0.2) is 41.6 Å². The summed E-state index contributed by atoms with van der Waals surface area (Å²) in [7, 11) is 0. The lowest BCUT2D eigenvalue weighted by Crippen LogP contribution is -2.40. The van der Waals surface area contributed by atoms with Gasteiger partial charge in [-0.05, 0) is 63.8 Å². The first-order chi connectivity index (χ1) is 10.5. The molecule has 1 atom stereocenters. The van der Waals surface area contributed by atoms with Gasteiger partial charge in [-0.1, -0.05) is 11.6 Å². The Morgan fingerprint density at radius 1 is 1.50 bits per heavy atom. The summed E-state index contributed by atoms with van der Waals surface area (Å²) in [6.07, 6.45) is 3.48. The first-order valence-electron chi connectivity index (χ1n) is 7.98. The number of halogens is 1. The van der Waals surface area contributed by atoms with Crippen LogP contribution in [0.1, 0.15) is 43.5 Å². The molecule has 22 heavy (non-hydrogen) atoms. The summed E-state index contributed by atoms with van der Waals surface area (Å²) in [4.78, 5) is 14.6. The first-order valence-corrected chi connectivity index (χ1v) is 8.36. The smallest absolute Gasteiger partial charge is 0.251 e. The van der Waals surface area contributed by atoms with Crippen LogP contribution in [0.3, 0.4) is 0 Å². The van der Waals surface area contributed by atoms with Crippen molar-refractivity contribution < 1.29 is 9.90 Å². The van der Waals surface area contributed by atoms with Crippen molar-refractivity contribution >= 4 is 17.5 Å². The Labute approximate surface area is 137 Å². The van der Waals surface area contributed by atoms with Crippen molar-refractivity contribution in [1.29, 1.82) is 0 Å². The highest BCUT2D eigenvalue weighted by atomic mass is 35.5. The maximum absolute atomic E-state index is 12.1. The molecule has 0 aromatic heterocycles. The van der Waals surface area contributed by atoms with Crippen LogP contribution >= 0.6 is 11.6 Å². The van der Waals surface area contributed by atoms with Gasteiger partial charge in [0.25, 0.3) is 5.91 Å². The largest absolute Gasteiger partial charge is 0.506 e. The third-order valence-corrected chi connectivity index (χ3v) is 4.63. The number of piperidine rings is 1. The number of amides is 1. The van der Waals surface area contributed by atoms with Crippen molar-refractivity contribution in [2.75, 3.05) is 19.6 Å². The highest BCUT2D eigenvalue weighted by Crippen LogP contribution is 2.24. The topological polar surface area (TPSA) is 52.6 Å². The van der Waals surface area contributed by atoms with E-state index >= 15 is 0 Å². The van der Waals surface area contributed by atoms with Crippen LogP contribution in [0, 0.1) is 5.92 Å². The van der Waals surface area contributed by atoms with Gasteiger partial charge in [0.1, 0.15) is 5.75 Å². The number of nitrogens with zero attached hydrogens (tertiary/aromatic N) is 1. The monoisotopic (exact) mass is 324 g/mol. The molecule has 1 saturated heterocycles. The molecule has 0 unspecified atom stereocenters. The van der Waals surface area contributed by atoms with Gasteiger partial charge in [-0.3, -0.25) is 4.79 Å². The van der Waals surface area contributed by atoms with E-state index in [1.165, 1.54) is 31.5 Å². The second-order valence-electron chi connectivity index (χ2n) is 6.31. The molecule has 0 radical (unpaired) electrons. The lowest BCUT2D eigenvalue weighted by molar-refractivity contribution is 0.0942. The second-order valence-corrected chi connectivity index (χ2v) is 6.71. The van der Waals surface area contributed by atoms with Crippen LogP contribution in [0.25, 0.3) is 0 Å². The number of phenolic OH excluding ortho intramolecular Hbond substituents is 1. The lowest BCUT2D eigenvalue weighted by Gasteiger charge is -2.35. The predicted molar refractivity (Wildman–Crippen MR) is 89.5 cm³/mol. The Morgan fingerprint density at radius 2 is 2.27 bits per heavy atom. The summed E-state index contributed by atoms with van der Waals surface area (Å²) in [6, 6.07) is 5.11. The fourth-order valence-corrected chi connectivity index (χ4v) is 3.12. The number of likely N-dealkylation sites (tertiary alicyclic amines) is 1. The minimum absolute atomic E-state index is 0.00537. The summed E-state index contributed by atoms with van der Waals surface area (Å²) in [5, 5.41) is 12.5. The van der Waals surface area contributed by atoms with E-state index < -0.39 is 0 Å². The highest BCUT2D eigenvalue weighted by Gasteiger charge is 2.21. The van der Waals surface area contributed by atoms with Crippen molar-refractivity contribution in [3.8, 4) is 5.75 Å². The third kappa shape index (κ3) is 4.62. The number of aromatic hydroxyl groups is 1. The van der Waals surface area contributed by atoms with E-state index in [-0.39, 0.29) is 16.7 Å². The molecule has 0 bridgehead atoms. The number of nitrogens with one attached hydrogen (secondary N) is 1. The lowest BCUT2D eigenvalue weighted by atomic mass is 9.94. The fourth-order valence-electron chi connectivity index (χ4n) is 2.94. The Kier molecular flexibility index (Phi) is 6.09. The van der Waals surface area contributed by atoms with Crippen LogP contribution in [0.2, 0.25) is 5.02 Å². The summed E-state index contributed by atoms with van der Waals surface area (Å²) >= 11 is 5.82. The van der Waals surface area contributed by atoms with Gasteiger partial charge in [-0.2, -0.15) is 0 Å². The minimum Gasteiger partial charge on any atom is -0.506 e. The fraction of sp³-hybridized carbons (Fsp3) is 0.588. The summed E-state index contributed by atoms with van der Waals surface area (Å²) in [6.45, 7) is 7.45. The van der Waals surface area contributed by atoms with Gasteiger partial charge in [-0.15, -0.1) is 0 Å².